The van der Waals surface area contributed by atoms with Crippen LogP contribution in [0.4, 0.5) is 0 Å². The molecule has 0 aromatic heterocycles. The van der Waals surface area contributed by atoms with Crippen molar-refractivity contribution in [3.8, 4) is 5.75 Å². The molecule has 2 unspecified atom stereocenters. The number of nitrogens with two attached hydrogens (primary N) is 1. The number of nitrogens with one attached hydrogen (secondary N) is 1. The summed E-state index contributed by atoms with van der Waals surface area (Å²) in [7, 11) is 1.67. The molecule has 1 aromatic carbocycles. The standard InChI is InChI=1S/C15H22N2O2/c1-10-5-6-14(19-2)11(8-10)9-13-12(15(16)18)4-3-7-17-13/h5-6,8,12-13,17H,3-4,7,9H2,1-2H3,(H2,16,18). The van der Waals surface area contributed by atoms with Crippen molar-refractivity contribution in [1.82, 2.24) is 5.32 Å². The molecule has 2 atom stereocenters. The van der Waals surface area contributed by atoms with Gasteiger partial charge in [0.25, 0.3) is 0 Å². The number of rotatable bonds is 4. The molecule has 1 saturated heterocycles. The first kappa shape index (κ1) is 13.9. The molecule has 4 nitrogen and oxygen atoms in total. The number of primary amides is 1. The van der Waals surface area contributed by atoms with Gasteiger partial charge < -0.3 is 15.8 Å². The molecule has 0 bridgehead atoms. The molecule has 1 aliphatic heterocycles. The summed E-state index contributed by atoms with van der Waals surface area (Å²) in [5.74, 6) is 0.587. The Kier molecular flexibility index (Phi) is 4.43. The minimum absolute atomic E-state index is 0.0843. The minimum atomic E-state index is -0.205. The highest BCUT2D eigenvalue weighted by Gasteiger charge is 2.29. The van der Waals surface area contributed by atoms with Crippen LogP contribution in [0.3, 0.4) is 0 Å². The lowest BCUT2D eigenvalue weighted by atomic mass is 9.86. The van der Waals surface area contributed by atoms with Crippen molar-refractivity contribution in [3.63, 3.8) is 0 Å². The topological polar surface area (TPSA) is 64.3 Å². The smallest absolute Gasteiger partial charge is 0.222 e. The van der Waals surface area contributed by atoms with Gasteiger partial charge in [0.15, 0.2) is 0 Å². The van der Waals surface area contributed by atoms with Crippen LogP contribution in [-0.4, -0.2) is 25.6 Å². The lowest BCUT2D eigenvalue weighted by Gasteiger charge is -2.31. The number of piperidine rings is 1. The fourth-order valence-corrected chi connectivity index (χ4v) is 2.81. The van der Waals surface area contributed by atoms with Gasteiger partial charge in [0, 0.05) is 6.04 Å². The van der Waals surface area contributed by atoms with Gasteiger partial charge in [-0.2, -0.15) is 0 Å². The molecular weight excluding hydrogens is 240 g/mol. The van der Waals surface area contributed by atoms with Gasteiger partial charge in [0.1, 0.15) is 5.75 Å². The number of hydrogen-bond acceptors (Lipinski definition) is 3. The van der Waals surface area contributed by atoms with Crippen molar-refractivity contribution < 1.29 is 9.53 Å². The molecule has 0 radical (unpaired) electrons. The lowest BCUT2D eigenvalue weighted by molar-refractivity contribution is -0.123. The monoisotopic (exact) mass is 262 g/mol. The molecule has 1 aromatic rings. The third-order valence-corrected chi connectivity index (χ3v) is 3.83. The van der Waals surface area contributed by atoms with E-state index >= 15 is 0 Å². The minimum Gasteiger partial charge on any atom is -0.496 e. The van der Waals surface area contributed by atoms with Gasteiger partial charge in [-0.15, -0.1) is 0 Å². The third-order valence-electron chi connectivity index (χ3n) is 3.83. The largest absolute Gasteiger partial charge is 0.496 e. The maximum Gasteiger partial charge on any atom is 0.222 e. The zero-order valence-corrected chi connectivity index (χ0v) is 11.6. The van der Waals surface area contributed by atoms with E-state index < -0.39 is 0 Å². The van der Waals surface area contributed by atoms with Gasteiger partial charge in [-0.3, -0.25) is 4.79 Å². The van der Waals surface area contributed by atoms with Crippen molar-refractivity contribution in [2.75, 3.05) is 13.7 Å². The number of benzene rings is 1. The number of aryl methyl sites for hydroxylation is 1. The zero-order chi connectivity index (χ0) is 13.8. The molecule has 0 spiro atoms. The molecule has 19 heavy (non-hydrogen) atoms. The summed E-state index contributed by atoms with van der Waals surface area (Å²) in [6.07, 6.45) is 2.66. The van der Waals surface area contributed by atoms with E-state index in [4.69, 9.17) is 10.5 Å². The van der Waals surface area contributed by atoms with Crippen LogP contribution in [0.1, 0.15) is 24.0 Å². The van der Waals surface area contributed by atoms with Crippen LogP contribution in [0, 0.1) is 12.8 Å². The summed E-state index contributed by atoms with van der Waals surface area (Å²) in [4.78, 5) is 11.5. The van der Waals surface area contributed by atoms with E-state index in [0.717, 1.165) is 37.1 Å². The van der Waals surface area contributed by atoms with Crippen LogP contribution >= 0.6 is 0 Å². The number of methoxy groups -OCH3 is 1. The van der Waals surface area contributed by atoms with Crippen LogP contribution in [-0.2, 0) is 11.2 Å². The fraction of sp³-hybridized carbons (Fsp3) is 0.533. The molecule has 3 N–H and O–H groups in total. The van der Waals surface area contributed by atoms with E-state index in [1.54, 1.807) is 7.11 Å². The molecule has 0 aliphatic carbocycles. The van der Waals surface area contributed by atoms with Crippen molar-refractivity contribution in [2.24, 2.45) is 11.7 Å². The van der Waals surface area contributed by atoms with E-state index in [9.17, 15) is 4.79 Å². The van der Waals surface area contributed by atoms with Gasteiger partial charge in [0.2, 0.25) is 5.91 Å². The van der Waals surface area contributed by atoms with Gasteiger partial charge in [-0.05, 0) is 44.4 Å². The van der Waals surface area contributed by atoms with Crippen LogP contribution in [0.5, 0.6) is 5.75 Å². The first-order chi connectivity index (χ1) is 9.11. The second kappa shape index (κ2) is 6.06. The summed E-state index contributed by atoms with van der Waals surface area (Å²) in [5.41, 5.74) is 7.83. The highest BCUT2D eigenvalue weighted by molar-refractivity contribution is 5.77. The number of carbonyl (C=O) groups excluding carboxylic acids is 1. The van der Waals surface area contributed by atoms with Crippen LogP contribution in [0.2, 0.25) is 0 Å². The van der Waals surface area contributed by atoms with E-state index in [1.165, 1.54) is 5.56 Å². The van der Waals surface area contributed by atoms with Crippen LogP contribution in [0.15, 0.2) is 18.2 Å². The van der Waals surface area contributed by atoms with E-state index in [2.05, 4.69) is 18.3 Å². The SMILES string of the molecule is COc1ccc(C)cc1CC1NCCCC1C(N)=O. The summed E-state index contributed by atoms with van der Waals surface area (Å²) >= 11 is 0. The van der Waals surface area contributed by atoms with Crippen molar-refractivity contribution in [2.45, 2.75) is 32.2 Å². The molecule has 1 heterocycles. The maximum atomic E-state index is 11.5. The Morgan fingerprint density at radius 3 is 3.00 bits per heavy atom. The summed E-state index contributed by atoms with van der Waals surface area (Å²) in [6.45, 7) is 3.01. The number of hydrogen-bond donors (Lipinski definition) is 2. The highest BCUT2D eigenvalue weighted by atomic mass is 16.5. The van der Waals surface area contributed by atoms with Crippen molar-refractivity contribution in [3.05, 3.63) is 29.3 Å². The van der Waals surface area contributed by atoms with Crippen LogP contribution in [0.25, 0.3) is 0 Å². The predicted octanol–water partition coefficient (Wildman–Crippen LogP) is 1.40. The summed E-state index contributed by atoms with van der Waals surface area (Å²) in [6, 6.07) is 6.24. The normalized spacial score (nSPS) is 23.1. The summed E-state index contributed by atoms with van der Waals surface area (Å²) in [5, 5.41) is 3.41. The Hall–Kier alpha value is -1.55. The van der Waals surface area contributed by atoms with Crippen LogP contribution < -0.4 is 15.8 Å². The van der Waals surface area contributed by atoms with Crippen molar-refractivity contribution in [1.29, 1.82) is 0 Å². The lowest BCUT2D eigenvalue weighted by Crippen LogP contribution is -2.48. The van der Waals surface area contributed by atoms with E-state index in [1.807, 2.05) is 12.1 Å². The van der Waals surface area contributed by atoms with E-state index in [0.29, 0.717) is 0 Å². The molecular formula is C15H22N2O2. The number of carbonyl (C=O) groups is 1. The summed E-state index contributed by atoms with van der Waals surface area (Å²) < 4.78 is 5.39. The Bertz CT molecular complexity index is 459. The van der Waals surface area contributed by atoms with Gasteiger partial charge in [-0.25, -0.2) is 0 Å². The number of amides is 1. The first-order valence-corrected chi connectivity index (χ1v) is 6.78. The van der Waals surface area contributed by atoms with E-state index in [-0.39, 0.29) is 17.9 Å². The molecule has 1 fully saturated rings. The molecule has 1 amide bonds. The molecule has 0 saturated carbocycles. The average molecular weight is 262 g/mol. The Morgan fingerprint density at radius 1 is 1.53 bits per heavy atom. The Morgan fingerprint density at radius 2 is 2.32 bits per heavy atom. The predicted molar refractivity (Wildman–Crippen MR) is 75.1 cm³/mol. The Balaban J connectivity index is 2.18. The quantitative estimate of drug-likeness (QED) is 0.862. The molecule has 104 valence electrons. The van der Waals surface area contributed by atoms with Gasteiger partial charge >= 0.3 is 0 Å². The fourth-order valence-electron chi connectivity index (χ4n) is 2.81. The third kappa shape index (κ3) is 3.26. The Labute approximate surface area is 114 Å². The molecule has 4 heteroatoms. The van der Waals surface area contributed by atoms with Gasteiger partial charge in [0.05, 0.1) is 13.0 Å². The molecule has 1 aliphatic rings. The number of ether oxygens (including phenoxy) is 1. The average Bonchev–Trinajstić information content (AvgIpc) is 2.39. The van der Waals surface area contributed by atoms with Gasteiger partial charge in [-0.1, -0.05) is 17.7 Å². The molecule has 2 rings (SSSR count). The zero-order valence-electron chi connectivity index (χ0n) is 11.6. The first-order valence-electron chi connectivity index (χ1n) is 6.78. The van der Waals surface area contributed by atoms with Crippen molar-refractivity contribution >= 4 is 5.91 Å². The second-order valence-electron chi connectivity index (χ2n) is 5.23. The maximum absolute atomic E-state index is 11.5. The highest BCUT2D eigenvalue weighted by Crippen LogP contribution is 2.25. The second-order valence-corrected chi connectivity index (χ2v) is 5.23.